The number of anilines is 1. The van der Waals surface area contributed by atoms with Crippen molar-refractivity contribution in [1.82, 2.24) is 5.32 Å². The Morgan fingerprint density at radius 3 is 2.65 bits per heavy atom. The van der Waals surface area contributed by atoms with Gasteiger partial charge in [0.2, 0.25) is 0 Å². The fraction of sp³-hybridized carbons (Fsp3) is 0.278. The number of halogens is 1. The third-order valence-electron chi connectivity index (χ3n) is 3.82. The number of aliphatic hydroxyl groups excluding tert-OH is 1. The summed E-state index contributed by atoms with van der Waals surface area (Å²) in [5, 5.41) is 26.5. The lowest BCUT2D eigenvalue weighted by Crippen LogP contribution is -2.26. The molecule has 8 heteroatoms. The first-order valence-electron chi connectivity index (χ1n) is 8.01. The van der Waals surface area contributed by atoms with Crippen molar-refractivity contribution in [3.8, 4) is 0 Å². The molecule has 2 aromatic rings. The van der Waals surface area contributed by atoms with Crippen LogP contribution in [0.4, 0.5) is 11.4 Å². The van der Waals surface area contributed by atoms with Crippen molar-refractivity contribution in [3.05, 3.63) is 68.2 Å². The van der Waals surface area contributed by atoms with Crippen molar-refractivity contribution in [2.24, 2.45) is 0 Å². The Labute approximate surface area is 156 Å². The van der Waals surface area contributed by atoms with E-state index >= 15 is 0 Å². The van der Waals surface area contributed by atoms with Crippen LogP contribution in [0.1, 0.15) is 28.4 Å². The standard InChI is InChI=1S/C18H20ClN3O4/c1-11-3-4-13(7-16(11)19)9-20-18(24)15-8-14(22(25)26)5-6-17(15)21-12(2)10-23/h3-8,12,21,23H,9-10H2,1-2H3,(H,20,24). The van der Waals surface area contributed by atoms with Gasteiger partial charge in [-0.25, -0.2) is 0 Å². The van der Waals surface area contributed by atoms with E-state index < -0.39 is 10.8 Å². The maximum Gasteiger partial charge on any atom is 0.270 e. The summed E-state index contributed by atoms with van der Waals surface area (Å²) in [6.45, 7) is 3.71. The fourth-order valence-corrected chi connectivity index (χ4v) is 2.50. The molecule has 7 nitrogen and oxygen atoms in total. The van der Waals surface area contributed by atoms with E-state index in [1.54, 1.807) is 13.0 Å². The number of nitrogens with zero attached hydrogens (tertiary/aromatic N) is 1. The number of nitrogens with one attached hydrogen (secondary N) is 2. The number of amides is 1. The minimum atomic E-state index is -0.560. The molecule has 26 heavy (non-hydrogen) atoms. The van der Waals surface area contributed by atoms with E-state index in [0.29, 0.717) is 10.7 Å². The highest BCUT2D eigenvalue weighted by atomic mass is 35.5. The summed E-state index contributed by atoms with van der Waals surface area (Å²) in [7, 11) is 0. The number of non-ortho nitro benzene ring substituents is 1. The van der Waals surface area contributed by atoms with Gasteiger partial charge < -0.3 is 15.7 Å². The Morgan fingerprint density at radius 1 is 1.31 bits per heavy atom. The van der Waals surface area contributed by atoms with E-state index in [4.69, 9.17) is 11.6 Å². The first-order chi connectivity index (χ1) is 12.3. The summed E-state index contributed by atoms with van der Waals surface area (Å²) < 4.78 is 0. The van der Waals surface area contributed by atoms with Crippen LogP contribution in [-0.2, 0) is 6.54 Å². The predicted molar refractivity (Wildman–Crippen MR) is 101 cm³/mol. The van der Waals surface area contributed by atoms with Gasteiger partial charge in [-0.3, -0.25) is 14.9 Å². The zero-order valence-electron chi connectivity index (χ0n) is 14.5. The van der Waals surface area contributed by atoms with Gasteiger partial charge in [0, 0.05) is 35.4 Å². The van der Waals surface area contributed by atoms with Crippen molar-refractivity contribution in [2.75, 3.05) is 11.9 Å². The second kappa shape index (κ2) is 8.64. The molecule has 0 aliphatic heterocycles. The summed E-state index contributed by atoms with van der Waals surface area (Å²) in [5.41, 5.74) is 2.12. The van der Waals surface area contributed by atoms with Gasteiger partial charge in [-0.2, -0.15) is 0 Å². The first-order valence-corrected chi connectivity index (χ1v) is 8.38. The quantitative estimate of drug-likeness (QED) is 0.507. The van der Waals surface area contributed by atoms with Crippen molar-refractivity contribution in [3.63, 3.8) is 0 Å². The lowest BCUT2D eigenvalue weighted by Gasteiger charge is -2.16. The van der Waals surface area contributed by atoms with Gasteiger partial charge in [0.05, 0.1) is 17.1 Å². The largest absolute Gasteiger partial charge is 0.394 e. The van der Waals surface area contributed by atoms with Crippen molar-refractivity contribution in [2.45, 2.75) is 26.4 Å². The molecule has 138 valence electrons. The molecule has 0 saturated carbocycles. The number of aryl methyl sites for hydroxylation is 1. The highest BCUT2D eigenvalue weighted by Crippen LogP contribution is 2.23. The molecule has 1 atom stereocenters. The maximum absolute atomic E-state index is 12.6. The molecule has 0 bridgehead atoms. The van der Waals surface area contributed by atoms with Gasteiger partial charge in [-0.1, -0.05) is 23.7 Å². The number of nitro benzene ring substituents is 1. The van der Waals surface area contributed by atoms with E-state index in [9.17, 15) is 20.0 Å². The van der Waals surface area contributed by atoms with Crippen LogP contribution in [0.2, 0.25) is 5.02 Å². The van der Waals surface area contributed by atoms with Crippen LogP contribution in [0.5, 0.6) is 0 Å². The van der Waals surface area contributed by atoms with Crippen molar-refractivity contribution >= 4 is 28.9 Å². The summed E-state index contributed by atoms with van der Waals surface area (Å²) >= 11 is 6.08. The topological polar surface area (TPSA) is 104 Å². The molecule has 0 heterocycles. The number of carbonyl (C=O) groups excluding carboxylic acids is 1. The van der Waals surface area contributed by atoms with Gasteiger partial charge in [-0.15, -0.1) is 0 Å². The number of rotatable bonds is 7. The lowest BCUT2D eigenvalue weighted by molar-refractivity contribution is -0.384. The Kier molecular flexibility index (Phi) is 6.54. The zero-order chi connectivity index (χ0) is 19.3. The summed E-state index contributed by atoms with van der Waals surface area (Å²) in [5.74, 6) is -0.460. The molecule has 0 spiro atoms. The highest BCUT2D eigenvalue weighted by Gasteiger charge is 2.18. The van der Waals surface area contributed by atoms with Crippen molar-refractivity contribution in [1.29, 1.82) is 0 Å². The zero-order valence-corrected chi connectivity index (χ0v) is 15.2. The predicted octanol–water partition coefficient (Wildman–Crippen LogP) is 3.28. The van der Waals surface area contributed by atoms with Crippen LogP contribution < -0.4 is 10.6 Å². The number of hydrogen-bond acceptors (Lipinski definition) is 5. The minimum absolute atomic E-state index is 0.137. The van der Waals surface area contributed by atoms with Gasteiger partial charge in [-0.05, 0) is 37.1 Å². The maximum atomic E-state index is 12.6. The molecule has 0 aromatic heterocycles. The van der Waals surface area contributed by atoms with Crippen molar-refractivity contribution < 1.29 is 14.8 Å². The summed E-state index contributed by atoms with van der Waals surface area (Å²) in [4.78, 5) is 23.0. The number of benzene rings is 2. The Bertz CT molecular complexity index is 826. The first kappa shape index (κ1) is 19.7. The molecule has 0 saturated heterocycles. The molecular weight excluding hydrogens is 358 g/mol. The fourth-order valence-electron chi connectivity index (χ4n) is 2.29. The van der Waals surface area contributed by atoms with Crippen LogP contribution >= 0.6 is 11.6 Å². The molecule has 2 aromatic carbocycles. The average Bonchev–Trinajstić information content (AvgIpc) is 2.62. The Balaban J connectivity index is 2.22. The molecule has 1 amide bonds. The van der Waals surface area contributed by atoms with Gasteiger partial charge >= 0.3 is 0 Å². The summed E-state index contributed by atoms with van der Waals surface area (Å²) in [6.07, 6.45) is 0. The second-order valence-corrected chi connectivity index (χ2v) is 6.39. The lowest BCUT2D eigenvalue weighted by atomic mass is 10.1. The third kappa shape index (κ3) is 4.93. The van der Waals surface area contributed by atoms with Crippen LogP contribution in [0.3, 0.4) is 0 Å². The molecule has 3 N–H and O–H groups in total. The molecule has 2 rings (SSSR count). The molecule has 1 unspecified atom stereocenters. The highest BCUT2D eigenvalue weighted by molar-refractivity contribution is 6.31. The van der Waals surface area contributed by atoms with Crippen LogP contribution in [0, 0.1) is 17.0 Å². The molecular formula is C18H20ClN3O4. The van der Waals surface area contributed by atoms with Crippen LogP contribution in [0.15, 0.2) is 36.4 Å². The number of carbonyl (C=O) groups is 1. The number of nitro groups is 1. The van der Waals surface area contributed by atoms with E-state index in [0.717, 1.165) is 11.1 Å². The average molecular weight is 378 g/mol. The monoisotopic (exact) mass is 377 g/mol. The number of hydrogen-bond donors (Lipinski definition) is 3. The SMILES string of the molecule is Cc1ccc(CNC(=O)c2cc([N+](=O)[O-])ccc2NC(C)CO)cc1Cl. The van der Waals surface area contributed by atoms with E-state index in [1.807, 2.05) is 19.1 Å². The number of aliphatic hydroxyl groups is 1. The normalized spacial score (nSPS) is 11.7. The second-order valence-electron chi connectivity index (χ2n) is 5.98. The summed E-state index contributed by atoms with van der Waals surface area (Å²) in [6, 6.07) is 9.14. The van der Waals surface area contributed by atoms with E-state index in [-0.39, 0.29) is 30.4 Å². The smallest absolute Gasteiger partial charge is 0.270 e. The minimum Gasteiger partial charge on any atom is -0.394 e. The molecule has 0 radical (unpaired) electrons. The molecule has 0 aliphatic carbocycles. The molecule has 0 fully saturated rings. The Hall–Kier alpha value is -2.64. The molecule has 0 aliphatic rings. The van der Waals surface area contributed by atoms with Gasteiger partial charge in [0.1, 0.15) is 0 Å². The van der Waals surface area contributed by atoms with E-state index in [2.05, 4.69) is 10.6 Å². The van der Waals surface area contributed by atoms with Gasteiger partial charge in [0.25, 0.3) is 11.6 Å². The third-order valence-corrected chi connectivity index (χ3v) is 4.23. The van der Waals surface area contributed by atoms with E-state index in [1.165, 1.54) is 18.2 Å². The Morgan fingerprint density at radius 2 is 2.04 bits per heavy atom. The van der Waals surface area contributed by atoms with Gasteiger partial charge in [0.15, 0.2) is 0 Å². The van der Waals surface area contributed by atoms with Crippen LogP contribution in [0.25, 0.3) is 0 Å². The van der Waals surface area contributed by atoms with Crippen LogP contribution in [-0.4, -0.2) is 28.6 Å².